The van der Waals surface area contributed by atoms with Crippen molar-refractivity contribution in [1.29, 1.82) is 0 Å². The molecule has 0 amide bonds. The van der Waals surface area contributed by atoms with Crippen LogP contribution in [0, 0.1) is 0 Å². The molecule has 7 heteroatoms. The van der Waals surface area contributed by atoms with Gasteiger partial charge in [0.1, 0.15) is 17.6 Å². The lowest BCUT2D eigenvalue weighted by Gasteiger charge is -2.37. The summed E-state index contributed by atoms with van der Waals surface area (Å²) < 4.78 is 5.35. The molecule has 0 radical (unpaired) electrons. The fourth-order valence-electron chi connectivity index (χ4n) is 3.45. The summed E-state index contributed by atoms with van der Waals surface area (Å²) in [7, 11) is 1.68. The standard InChI is InChI=1S/C18H24N6O/c1-3-23-6-8-24(9-7-23)17-11-16(19-12-20-17)18-14-10-13(25-2)4-5-15(14)21-22-18/h4-5,10-12,16H,3,6-9H2,1-2H3,(H,19,20)(H,21,22). The van der Waals surface area contributed by atoms with Crippen molar-refractivity contribution in [3.05, 3.63) is 35.8 Å². The van der Waals surface area contributed by atoms with Gasteiger partial charge in [0.2, 0.25) is 0 Å². The molecule has 4 rings (SSSR count). The van der Waals surface area contributed by atoms with Crippen molar-refractivity contribution in [2.75, 3.05) is 39.8 Å². The quantitative estimate of drug-likeness (QED) is 0.887. The number of fused-ring (bicyclic) bond motifs is 1. The Balaban J connectivity index is 1.59. The zero-order chi connectivity index (χ0) is 17.2. The molecule has 1 saturated heterocycles. The summed E-state index contributed by atoms with van der Waals surface area (Å²) in [6.07, 6.45) is 3.97. The SMILES string of the molecule is CCN1CCN(C2=CC(c3[nH]nc4ccc(OC)cc34)N=CN2)CC1. The second-order valence-electron chi connectivity index (χ2n) is 6.36. The molecule has 3 heterocycles. The number of hydrogen-bond acceptors (Lipinski definition) is 6. The van der Waals surface area contributed by atoms with E-state index in [2.05, 4.69) is 43.3 Å². The molecule has 7 nitrogen and oxygen atoms in total. The largest absolute Gasteiger partial charge is 0.497 e. The van der Waals surface area contributed by atoms with E-state index in [1.807, 2.05) is 18.2 Å². The molecule has 0 saturated carbocycles. The number of ether oxygens (including phenoxy) is 1. The molecule has 2 aliphatic heterocycles. The molecule has 1 unspecified atom stereocenters. The minimum absolute atomic E-state index is 0.0717. The number of benzene rings is 1. The van der Waals surface area contributed by atoms with Crippen LogP contribution in [0.25, 0.3) is 10.9 Å². The van der Waals surface area contributed by atoms with E-state index in [1.165, 1.54) is 0 Å². The van der Waals surface area contributed by atoms with Crippen LogP contribution in [0.2, 0.25) is 0 Å². The Kier molecular flexibility index (Phi) is 4.31. The zero-order valence-electron chi connectivity index (χ0n) is 14.7. The molecule has 0 bridgehead atoms. The topological polar surface area (TPSA) is 68.8 Å². The molecule has 0 aliphatic carbocycles. The van der Waals surface area contributed by atoms with Crippen molar-refractivity contribution in [2.45, 2.75) is 13.0 Å². The van der Waals surface area contributed by atoms with Gasteiger partial charge >= 0.3 is 0 Å². The predicted molar refractivity (Wildman–Crippen MR) is 98.8 cm³/mol. The van der Waals surface area contributed by atoms with Gasteiger partial charge in [0.05, 0.1) is 24.7 Å². The molecule has 2 aromatic rings. The first kappa shape index (κ1) is 16.0. The van der Waals surface area contributed by atoms with Gasteiger partial charge in [0, 0.05) is 31.6 Å². The molecule has 1 aromatic heterocycles. The number of methoxy groups -OCH3 is 1. The average Bonchev–Trinajstić information content (AvgIpc) is 3.11. The van der Waals surface area contributed by atoms with Gasteiger partial charge in [-0.2, -0.15) is 5.10 Å². The Hall–Kier alpha value is -2.54. The summed E-state index contributed by atoms with van der Waals surface area (Å²) >= 11 is 0. The van der Waals surface area contributed by atoms with Gasteiger partial charge in [0.25, 0.3) is 0 Å². The number of hydrogen-bond donors (Lipinski definition) is 2. The van der Waals surface area contributed by atoms with Crippen LogP contribution in [-0.4, -0.2) is 66.2 Å². The summed E-state index contributed by atoms with van der Waals surface area (Å²) in [5.41, 5.74) is 1.92. The lowest BCUT2D eigenvalue weighted by molar-refractivity contribution is 0.160. The maximum Gasteiger partial charge on any atom is 0.119 e. The highest BCUT2D eigenvalue weighted by atomic mass is 16.5. The van der Waals surface area contributed by atoms with Crippen molar-refractivity contribution in [1.82, 2.24) is 25.3 Å². The van der Waals surface area contributed by atoms with E-state index in [1.54, 1.807) is 13.4 Å². The Morgan fingerprint density at radius 3 is 2.84 bits per heavy atom. The fraction of sp³-hybridized carbons (Fsp3) is 0.444. The molecular weight excluding hydrogens is 316 g/mol. The highest BCUT2D eigenvalue weighted by molar-refractivity contribution is 5.84. The van der Waals surface area contributed by atoms with Crippen LogP contribution in [0.3, 0.4) is 0 Å². The van der Waals surface area contributed by atoms with Crippen LogP contribution >= 0.6 is 0 Å². The minimum Gasteiger partial charge on any atom is -0.497 e. The maximum absolute atomic E-state index is 5.35. The third kappa shape index (κ3) is 3.07. The smallest absolute Gasteiger partial charge is 0.119 e. The number of aliphatic imine (C=N–C) groups is 1. The lowest BCUT2D eigenvalue weighted by Crippen LogP contribution is -2.48. The van der Waals surface area contributed by atoms with Crippen molar-refractivity contribution < 1.29 is 4.74 Å². The van der Waals surface area contributed by atoms with E-state index in [4.69, 9.17) is 4.74 Å². The first-order valence-electron chi connectivity index (χ1n) is 8.78. The van der Waals surface area contributed by atoms with Gasteiger partial charge in [-0.3, -0.25) is 10.1 Å². The lowest BCUT2D eigenvalue weighted by atomic mass is 10.1. The van der Waals surface area contributed by atoms with Crippen LogP contribution in [0.5, 0.6) is 5.75 Å². The van der Waals surface area contributed by atoms with E-state index >= 15 is 0 Å². The van der Waals surface area contributed by atoms with Gasteiger partial charge in [0.15, 0.2) is 0 Å². The summed E-state index contributed by atoms with van der Waals surface area (Å²) in [5, 5.41) is 11.9. The third-order valence-electron chi connectivity index (χ3n) is 5.01. The molecule has 132 valence electrons. The Morgan fingerprint density at radius 2 is 2.08 bits per heavy atom. The fourth-order valence-corrected chi connectivity index (χ4v) is 3.45. The number of piperazine rings is 1. The Morgan fingerprint density at radius 1 is 1.24 bits per heavy atom. The molecule has 0 spiro atoms. The summed E-state index contributed by atoms with van der Waals surface area (Å²) in [5.74, 6) is 1.95. The summed E-state index contributed by atoms with van der Waals surface area (Å²) in [4.78, 5) is 9.46. The van der Waals surface area contributed by atoms with Gasteiger partial charge in [-0.1, -0.05) is 6.92 Å². The van der Waals surface area contributed by atoms with Gasteiger partial charge in [-0.15, -0.1) is 0 Å². The highest BCUT2D eigenvalue weighted by Gasteiger charge is 2.22. The van der Waals surface area contributed by atoms with E-state index in [0.717, 1.165) is 60.9 Å². The zero-order valence-corrected chi connectivity index (χ0v) is 14.7. The second-order valence-corrected chi connectivity index (χ2v) is 6.36. The molecule has 2 aliphatic rings. The van der Waals surface area contributed by atoms with Crippen LogP contribution in [0.15, 0.2) is 35.1 Å². The third-order valence-corrected chi connectivity index (χ3v) is 5.01. The van der Waals surface area contributed by atoms with Gasteiger partial charge in [-0.25, -0.2) is 0 Å². The van der Waals surface area contributed by atoms with E-state index in [-0.39, 0.29) is 6.04 Å². The van der Waals surface area contributed by atoms with Crippen LogP contribution < -0.4 is 10.1 Å². The number of aromatic amines is 1. The van der Waals surface area contributed by atoms with Crippen molar-refractivity contribution in [2.24, 2.45) is 4.99 Å². The molecule has 1 atom stereocenters. The molecule has 25 heavy (non-hydrogen) atoms. The van der Waals surface area contributed by atoms with Crippen molar-refractivity contribution >= 4 is 17.2 Å². The maximum atomic E-state index is 5.35. The Labute approximate surface area is 147 Å². The Bertz CT molecular complexity index is 803. The number of H-pyrrole nitrogens is 1. The van der Waals surface area contributed by atoms with Gasteiger partial charge < -0.3 is 19.9 Å². The van der Waals surface area contributed by atoms with Gasteiger partial charge in [-0.05, 0) is 30.8 Å². The first-order chi connectivity index (χ1) is 12.3. The predicted octanol–water partition coefficient (Wildman–Crippen LogP) is 1.72. The van der Waals surface area contributed by atoms with Crippen LogP contribution in [-0.2, 0) is 0 Å². The molecule has 2 N–H and O–H groups in total. The molecular formula is C18H24N6O. The number of rotatable bonds is 4. The monoisotopic (exact) mass is 340 g/mol. The van der Waals surface area contributed by atoms with Crippen LogP contribution in [0.4, 0.5) is 0 Å². The van der Waals surface area contributed by atoms with Crippen molar-refractivity contribution in [3.8, 4) is 5.75 Å². The summed E-state index contributed by atoms with van der Waals surface area (Å²) in [6.45, 7) is 7.60. The van der Waals surface area contributed by atoms with Crippen molar-refractivity contribution in [3.63, 3.8) is 0 Å². The van der Waals surface area contributed by atoms with E-state index < -0.39 is 0 Å². The first-order valence-corrected chi connectivity index (χ1v) is 8.78. The summed E-state index contributed by atoms with van der Waals surface area (Å²) in [6, 6.07) is 5.83. The number of aromatic nitrogens is 2. The highest BCUT2D eigenvalue weighted by Crippen LogP contribution is 2.30. The molecule has 1 fully saturated rings. The van der Waals surface area contributed by atoms with E-state index in [9.17, 15) is 0 Å². The van der Waals surface area contributed by atoms with E-state index in [0.29, 0.717) is 0 Å². The molecule has 1 aromatic carbocycles. The number of nitrogens with zero attached hydrogens (tertiary/aromatic N) is 4. The number of likely N-dealkylation sites (N-methyl/N-ethyl adjacent to an activating group) is 1. The average molecular weight is 340 g/mol. The minimum atomic E-state index is -0.0717. The normalized spacial score (nSPS) is 21.3. The number of nitrogens with one attached hydrogen (secondary N) is 2. The second kappa shape index (κ2) is 6.76. The van der Waals surface area contributed by atoms with Crippen LogP contribution in [0.1, 0.15) is 18.7 Å².